The quantitative estimate of drug-likeness (QED) is 0.462. The van der Waals surface area contributed by atoms with Crippen molar-refractivity contribution in [2.45, 2.75) is 63.9 Å². The second-order valence-electron chi connectivity index (χ2n) is 10.4. The van der Waals surface area contributed by atoms with Crippen LogP contribution < -0.4 is 0 Å². The van der Waals surface area contributed by atoms with Crippen LogP contribution in [0.3, 0.4) is 0 Å². The van der Waals surface area contributed by atoms with Gasteiger partial charge in [0.2, 0.25) is 5.79 Å². The van der Waals surface area contributed by atoms with Crippen LogP contribution in [0.25, 0.3) is 0 Å². The summed E-state index contributed by atoms with van der Waals surface area (Å²) in [6.07, 6.45) is 0.743. The number of carbonyl (C=O) groups excluding carboxylic acids is 2. The molecule has 0 aromatic carbocycles. The van der Waals surface area contributed by atoms with Crippen LogP contribution in [0.4, 0.5) is 0 Å². The van der Waals surface area contributed by atoms with Gasteiger partial charge in [-0.25, -0.2) is 0 Å². The summed E-state index contributed by atoms with van der Waals surface area (Å²) in [4.78, 5) is 24.9. The first-order valence-electron chi connectivity index (χ1n) is 10.6. The number of ether oxygens (including phenoxy) is 2. The number of hydrogen-bond acceptors (Lipinski definition) is 7. The Hall–Kier alpha value is -1.28. The minimum atomic E-state index is -2.02. The number of allylic oxidation sites excluding steroid dienone is 1. The van der Waals surface area contributed by atoms with Gasteiger partial charge in [0.25, 0.3) is 0 Å². The summed E-state index contributed by atoms with van der Waals surface area (Å²) in [5, 5.41) is 34.6. The molecule has 0 radical (unpaired) electrons. The molecule has 4 aliphatic carbocycles. The van der Waals surface area contributed by atoms with Crippen molar-refractivity contribution in [2.75, 3.05) is 13.2 Å². The van der Waals surface area contributed by atoms with Gasteiger partial charge in [-0.3, -0.25) is 9.59 Å². The van der Waals surface area contributed by atoms with Crippen molar-refractivity contribution in [3.8, 4) is 0 Å². The number of carbonyl (C=O) groups is 2. The molecular formula is C22H30O7. The molecule has 3 N–H and O–H groups in total. The summed E-state index contributed by atoms with van der Waals surface area (Å²) in [7, 11) is 0. The smallest absolute Gasteiger partial charge is 0.302 e. The Morgan fingerprint density at radius 3 is 2.72 bits per heavy atom. The van der Waals surface area contributed by atoms with Gasteiger partial charge in [-0.2, -0.15) is 0 Å². The van der Waals surface area contributed by atoms with Gasteiger partial charge in [0.05, 0.1) is 24.7 Å². The van der Waals surface area contributed by atoms with Gasteiger partial charge in [0, 0.05) is 23.7 Å². The molecule has 2 heterocycles. The minimum absolute atomic E-state index is 0.0130. The Kier molecular flexibility index (Phi) is 3.86. The Morgan fingerprint density at radius 1 is 1.31 bits per heavy atom. The van der Waals surface area contributed by atoms with Gasteiger partial charge in [-0.1, -0.05) is 13.5 Å². The normalized spacial score (nSPS) is 55.4. The molecule has 6 rings (SSSR count). The fourth-order valence-corrected chi connectivity index (χ4v) is 8.08. The van der Waals surface area contributed by atoms with E-state index in [4.69, 9.17) is 9.47 Å². The van der Waals surface area contributed by atoms with E-state index in [1.165, 1.54) is 6.92 Å². The molecule has 2 unspecified atom stereocenters. The summed E-state index contributed by atoms with van der Waals surface area (Å²) >= 11 is 0. The van der Waals surface area contributed by atoms with Crippen molar-refractivity contribution in [1.82, 2.24) is 0 Å². The van der Waals surface area contributed by atoms with E-state index in [0.717, 1.165) is 6.42 Å². The largest absolute Gasteiger partial charge is 0.465 e. The number of Topliss-reactive ketones (excluding diaryl/α,β-unsaturated/α-hetero) is 1. The molecule has 6 aliphatic rings. The number of hydrogen-bond donors (Lipinski definition) is 3. The highest BCUT2D eigenvalue weighted by atomic mass is 16.6. The fraction of sp³-hybridized carbons (Fsp3) is 0.818. The van der Waals surface area contributed by atoms with Crippen molar-refractivity contribution in [1.29, 1.82) is 0 Å². The third-order valence-electron chi connectivity index (χ3n) is 9.25. The molecule has 2 saturated heterocycles. The Balaban J connectivity index is 1.69. The van der Waals surface area contributed by atoms with Crippen molar-refractivity contribution in [3.63, 3.8) is 0 Å². The molecule has 7 heteroatoms. The molecular weight excluding hydrogens is 376 g/mol. The SMILES string of the molecule is C=C1C(=O)C23C[C@H]1CC[C@H]2C12CO[C@]3(O)[C@H](O)[C@@H]1[C@](C)(COC(C)=O)CC[C@H]2O. The maximum absolute atomic E-state index is 13.4. The minimum Gasteiger partial charge on any atom is -0.465 e. The van der Waals surface area contributed by atoms with Crippen LogP contribution in [0.2, 0.25) is 0 Å². The van der Waals surface area contributed by atoms with E-state index in [1.54, 1.807) is 0 Å². The Labute approximate surface area is 170 Å². The predicted molar refractivity (Wildman–Crippen MR) is 100 cm³/mol. The van der Waals surface area contributed by atoms with E-state index >= 15 is 0 Å². The molecule has 29 heavy (non-hydrogen) atoms. The molecule has 4 bridgehead atoms. The van der Waals surface area contributed by atoms with Crippen LogP contribution in [0.5, 0.6) is 0 Å². The summed E-state index contributed by atoms with van der Waals surface area (Å²) in [5.41, 5.74) is -2.27. The first kappa shape index (κ1) is 19.7. The fourth-order valence-electron chi connectivity index (χ4n) is 8.08. The van der Waals surface area contributed by atoms with Gasteiger partial charge in [-0.15, -0.1) is 0 Å². The lowest BCUT2D eigenvalue weighted by molar-refractivity contribution is -0.450. The molecule has 0 amide bonds. The molecule has 2 spiro atoms. The first-order chi connectivity index (χ1) is 13.5. The van der Waals surface area contributed by atoms with E-state index in [-0.39, 0.29) is 30.8 Å². The number of rotatable bonds is 2. The molecule has 9 atom stereocenters. The summed E-state index contributed by atoms with van der Waals surface area (Å²) < 4.78 is 11.3. The van der Waals surface area contributed by atoms with Crippen LogP contribution in [0, 0.1) is 34.0 Å². The summed E-state index contributed by atoms with van der Waals surface area (Å²) in [6.45, 7) is 7.44. The predicted octanol–water partition coefficient (Wildman–Crippen LogP) is 0.948. The zero-order valence-electron chi connectivity index (χ0n) is 17.0. The monoisotopic (exact) mass is 406 g/mol. The van der Waals surface area contributed by atoms with E-state index < -0.39 is 46.1 Å². The molecule has 0 aromatic heterocycles. The van der Waals surface area contributed by atoms with Crippen LogP contribution in [0.1, 0.15) is 46.0 Å². The molecule has 4 saturated carbocycles. The number of aliphatic hydroxyl groups excluding tert-OH is 2. The third-order valence-corrected chi connectivity index (χ3v) is 9.25. The standard InChI is InChI=1S/C22H30O7/c1-11-13-4-5-14-20-10-29-22(27,21(14,8-13)17(11)25)18(26)16(20)19(3,7-6-15(20)24)9-28-12(2)23/h13-16,18,24,26-27H,1,4-10H2,2-3H3/t13-,14+,15-,16-,18-,19+,20?,21?,22-/m1/s1. The number of esters is 1. The first-order valence-corrected chi connectivity index (χ1v) is 10.6. The van der Waals surface area contributed by atoms with Crippen LogP contribution in [0.15, 0.2) is 12.2 Å². The second-order valence-corrected chi connectivity index (χ2v) is 10.4. The zero-order valence-corrected chi connectivity index (χ0v) is 17.0. The lowest BCUT2D eigenvalue weighted by atomic mass is 9.36. The average Bonchev–Trinajstić information content (AvgIpc) is 2.87. The molecule has 2 aliphatic heterocycles. The topological polar surface area (TPSA) is 113 Å². The molecule has 6 fully saturated rings. The van der Waals surface area contributed by atoms with Gasteiger partial charge in [0.15, 0.2) is 5.78 Å². The Bertz CT molecular complexity index is 809. The number of ketones is 1. The molecule has 7 nitrogen and oxygen atoms in total. The number of fused-ring (bicyclic) bond motifs is 2. The third kappa shape index (κ3) is 1.98. The van der Waals surface area contributed by atoms with Crippen LogP contribution in [-0.2, 0) is 19.1 Å². The van der Waals surface area contributed by atoms with Crippen molar-refractivity contribution < 1.29 is 34.4 Å². The van der Waals surface area contributed by atoms with E-state index in [1.807, 2.05) is 6.92 Å². The summed E-state index contributed by atoms with van der Waals surface area (Å²) in [5.74, 6) is -3.52. The number of aliphatic hydroxyl groups is 3. The maximum Gasteiger partial charge on any atom is 0.302 e. The highest BCUT2D eigenvalue weighted by molar-refractivity contribution is 6.04. The molecule has 0 aromatic rings. The lowest BCUT2D eigenvalue weighted by Gasteiger charge is -2.74. The average molecular weight is 406 g/mol. The highest BCUT2D eigenvalue weighted by Crippen LogP contribution is 2.76. The van der Waals surface area contributed by atoms with Crippen LogP contribution >= 0.6 is 0 Å². The van der Waals surface area contributed by atoms with Gasteiger partial charge < -0.3 is 24.8 Å². The Morgan fingerprint density at radius 2 is 2.03 bits per heavy atom. The van der Waals surface area contributed by atoms with Crippen LogP contribution in [-0.4, -0.2) is 58.3 Å². The van der Waals surface area contributed by atoms with E-state index in [9.17, 15) is 24.9 Å². The zero-order chi connectivity index (χ0) is 21.0. The summed E-state index contributed by atoms with van der Waals surface area (Å²) in [6, 6.07) is 0. The van der Waals surface area contributed by atoms with E-state index in [0.29, 0.717) is 31.3 Å². The maximum atomic E-state index is 13.4. The van der Waals surface area contributed by atoms with Crippen molar-refractivity contribution in [2.24, 2.45) is 34.0 Å². The highest BCUT2D eigenvalue weighted by Gasteiger charge is 2.84. The lowest BCUT2D eigenvalue weighted by Crippen LogP contribution is -2.84. The van der Waals surface area contributed by atoms with Gasteiger partial charge >= 0.3 is 5.97 Å². The molecule has 160 valence electrons. The second kappa shape index (κ2) is 5.69. The van der Waals surface area contributed by atoms with Crippen molar-refractivity contribution >= 4 is 11.8 Å². The van der Waals surface area contributed by atoms with E-state index in [2.05, 4.69) is 6.58 Å². The van der Waals surface area contributed by atoms with Gasteiger partial charge in [0.1, 0.15) is 6.10 Å². The van der Waals surface area contributed by atoms with Gasteiger partial charge in [-0.05, 0) is 49.5 Å². The van der Waals surface area contributed by atoms with Crippen molar-refractivity contribution in [3.05, 3.63) is 12.2 Å².